The van der Waals surface area contributed by atoms with E-state index >= 15 is 0 Å². The predicted molar refractivity (Wildman–Crippen MR) is 45.3 cm³/mol. The van der Waals surface area contributed by atoms with E-state index in [1.54, 1.807) is 5.01 Å². The van der Waals surface area contributed by atoms with Crippen molar-refractivity contribution >= 4 is 6.21 Å². The van der Waals surface area contributed by atoms with Crippen LogP contribution in [0.2, 0.25) is 0 Å². The summed E-state index contributed by atoms with van der Waals surface area (Å²) in [5, 5.41) is 5.90. The number of hydrogen-bond donors (Lipinski definition) is 0. The maximum atomic E-state index is 4.11. The molecule has 1 atom stereocenters. The van der Waals surface area contributed by atoms with Crippen LogP contribution in [0.15, 0.2) is 5.10 Å². The SMILES string of the molecule is CC(C=NN(C)C)N(C)C. The van der Waals surface area contributed by atoms with Gasteiger partial charge in [-0.2, -0.15) is 5.10 Å². The third kappa shape index (κ3) is 4.32. The second-order valence-electron chi connectivity index (χ2n) is 2.82. The molecule has 0 radical (unpaired) electrons. The van der Waals surface area contributed by atoms with E-state index in [0.29, 0.717) is 6.04 Å². The Morgan fingerprint density at radius 2 is 1.70 bits per heavy atom. The molecule has 60 valence electrons. The Morgan fingerprint density at radius 3 is 2.00 bits per heavy atom. The molecule has 0 aliphatic rings. The first-order valence-electron chi connectivity index (χ1n) is 3.42. The highest BCUT2D eigenvalue weighted by Gasteiger charge is 1.98. The van der Waals surface area contributed by atoms with Gasteiger partial charge in [0.05, 0.1) is 0 Å². The van der Waals surface area contributed by atoms with Gasteiger partial charge in [0.2, 0.25) is 0 Å². The summed E-state index contributed by atoms with van der Waals surface area (Å²) in [6.07, 6.45) is 1.92. The molecular formula is C7H17N3. The molecule has 0 spiro atoms. The van der Waals surface area contributed by atoms with E-state index in [1.165, 1.54) is 0 Å². The van der Waals surface area contributed by atoms with E-state index in [-0.39, 0.29) is 0 Å². The largest absolute Gasteiger partial charge is 0.303 e. The molecule has 3 heteroatoms. The molecule has 0 bridgehead atoms. The van der Waals surface area contributed by atoms with Crippen LogP contribution in [0.25, 0.3) is 0 Å². The molecule has 3 nitrogen and oxygen atoms in total. The van der Waals surface area contributed by atoms with Crippen LogP contribution >= 0.6 is 0 Å². The maximum absolute atomic E-state index is 4.11. The van der Waals surface area contributed by atoms with Gasteiger partial charge >= 0.3 is 0 Å². The van der Waals surface area contributed by atoms with Gasteiger partial charge in [-0.3, -0.25) is 0 Å². The Bertz CT molecular complexity index is 107. The number of rotatable bonds is 3. The van der Waals surface area contributed by atoms with Crippen LogP contribution in [0, 0.1) is 0 Å². The van der Waals surface area contributed by atoms with Gasteiger partial charge in [-0.1, -0.05) is 0 Å². The predicted octanol–water partition coefficient (Wildman–Crippen LogP) is 0.484. The van der Waals surface area contributed by atoms with Crippen molar-refractivity contribution in [3.05, 3.63) is 0 Å². The van der Waals surface area contributed by atoms with E-state index in [9.17, 15) is 0 Å². The Hall–Kier alpha value is -0.570. The summed E-state index contributed by atoms with van der Waals surface area (Å²) >= 11 is 0. The molecule has 0 aromatic heterocycles. The highest BCUT2D eigenvalue weighted by Crippen LogP contribution is 1.86. The summed E-state index contributed by atoms with van der Waals surface area (Å²) in [5.41, 5.74) is 0. The minimum absolute atomic E-state index is 0.405. The molecule has 0 saturated carbocycles. The molecule has 0 fully saturated rings. The van der Waals surface area contributed by atoms with Crippen molar-refractivity contribution < 1.29 is 0 Å². The summed E-state index contributed by atoms with van der Waals surface area (Å²) < 4.78 is 0. The Morgan fingerprint density at radius 1 is 1.20 bits per heavy atom. The number of nitrogens with zero attached hydrogens (tertiary/aromatic N) is 3. The fourth-order valence-electron chi connectivity index (χ4n) is 0.363. The van der Waals surface area contributed by atoms with Crippen LogP contribution in [0.4, 0.5) is 0 Å². The molecule has 0 aromatic carbocycles. The minimum atomic E-state index is 0.405. The smallest absolute Gasteiger partial charge is 0.0434 e. The third-order valence-electron chi connectivity index (χ3n) is 1.33. The molecular weight excluding hydrogens is 126 g/mol. The van der Waals surface area contributed by atoms with Gasteiger partial charge in [-0.05, 0) is 21.0 Å². The number of hydrazone groups is 1. The summed E-state index contributed by atoms with van der Waals surface area (Å²) in [6.45, 7) is 2.10. The second-order valence-corrected chi connectivity index (χ2v) is 2.82. The zero-order chi connectivity index (χ0) is 8.15. The summed E-state index contributed by atoms with van der Waals surface area (Å²) in [6, 6.07) is 0.405. The van der Waals surface area contributed by atoms with Crippen molar-refractivity contribution in [1.82, 2.24) is 9.91 Å². The Balaban J connectivity index is 3.66. The van der Waals surface area contributed by atoms with Gasteiger partial charge in [-0.15, -0.1) is 0 Å². The van der Waals surface area contributed by atoms with Crippen LogP contribution < -0.4 is 0 Å². The Labute approximate surface area is 63.3 Å². The molecule has 0 N–H and O–H groups in total. The fourth-order valence-corrected chi connectivity index (χ4v) is 0.363. The lowest BCUT2D eigenvalue weighted by molar-refractivity contribution is 0.375. The maximum Gasteiger partial charge on any atom is 0.0434 e. The average molecular weight is 143 g/mol. The zero-order valence-electron chi connectivity index (χ0n) is 7.50. The Kier molecular flexibility index (Phi) is 4.03. The van der Waals surface area contributed by atoms with Crippen molar-refractivity contribution in [2.45, 2.75) is 13.0 Å². The first-order chi connectivity index (χ1) is 4.54. The molecule has 0 heterocycles. The average Bonchev–Trinajstić information content (AvgIpc) is 1.82. The summed E-state index contributed by atoms with van der Waals surface area (Å²) in [5.74, 6) is 0. The van der Waals surface area contributed by atoms with Crippen molar-refractivity contribution in [3.63, 3.8) is 0 Å². The van der Waals surface area contributed by atoms with Crippen molar-refractivity contribution in [2.24, 2.45) is 5.10 Å². The van der Waals surface area contributed by atoms with Crippen LogP contribution in [-0.4, -0.2) is 50.4 Å². The lowest BCUT2D eigenvalue weighted by Crippen LogP contribution is -2.26. The minimum Gasteiger partial charge on any atom is -0.303 e. The van der Waals surface area contributed by atoms with E-state index in [1.807, 2.05) is 34.4 Å². The summed E-state index contributed by atoms with van der Waals surface area (Å²) in [7, 11) is 7.90. The second kappa shape index (κ2) is 4.28. The van der Waals surface area contributed by atoms with Gasteiger partial charge < -0.3 is 9.91 Å². The molecule has 0 aromatic rings. The van der Waals surface area contributed by atoms with Gasteiger partial charge in [0.15, 0.2) is 0 Å². The first-order valence-corrected chi connectivity index (χ1v) is 3.42. The monoisotopic (exact) mass is 143 g/mol. The lowest BCUT2D eigenvalue weighted by atomic mass is 10.3. The lowest BCUT2D eigenvalue weighted by Gasteiger charge is -2.15. The van der Waals surface area contributed by atoms with Crippen LogP contribution in [-0.2, 0) is 0 Å². The highest BCUT2D eigenvalue weighted by molar-refractivity contribution is 5.63. The quantitative estimate of drug-likeness (QED) is 0.423. The normalized spacial score (nSPS) is 14.6. The fraction of sp³-hybridized carbons (Fsp3) is 0.857. The van der Waals surface area contributed by atoms with Gasteiger partial charge in [-0.25, -0.2) is 0 Å². The highest BCUT2D eigenvalue weighted by atomic mass is 15.4. The number of hydrogen-bond acceptors (Lipinski definition) is 3. The molecule has 1 unspecified atom stereocenters. The topological polar surface area (TPSA) is 18.8 Å². The van der Waals surface area contributed by atoms with E-state index in [4.69, 9.17) is 0 Å². The van der Waals surface area contributed by atoms with Crippen molar-refractivity contribution in [1.29, 1.82) is 0 Å². The molecule has 0 aliphatic heterocycles. The zero-order valence-corrected chi connectivity index (χ0v) is 7.50. The molecule has 0 amide bonds. The van der Waals surface area contributed by atoms with Crippen LogP contribution in [0.5, 0.6) is 0 Å². The van der Waals surface area contributed by atoms with Gasteiger partial charge in [0.1, 0.15) is 0 Å². The molecule has 10 heavy (non-hydrogen) atoms. The van der Waals surface area contributed by atoms with Gasteiger partial charge in [0, 0.05) is 26.4 Å². The van der Waals surface area contributed by atoms with E-state index in [2.05, 4.69) is 16.9 Å². The van der Waals surface area contributed by atoms with Crippen molar-refractivity contribution in [3.8, 4) is 0 Å². The van der Waals surface area contributed by atoms with E-state index < -0.39 is 0 Å². The molecule has 0 aliphatic carbocycles. The first kappa shape index (κ1) is 9.43. The van der Waals surface area contributed by atoms with Crippen molar-refractivity contribution in [2.75, 3.05) is 28.2 Å². The molecule has 0 saturated heterocycles. The third-order valence-corrected chi connectivity index (χ3v) is 1.33. The molecule has 0 rings (SSSR count). The van der Waals surface area contributed by atoms with Crippen LogP contribution in [0.3, 0.4) is 0 Å². The van der Waals surface area contributed by atoms with E-state index in [0.717, 1.165) is 0 Å². The van der Waals surface area contributed by atoms with Gasteiger partial charge in [0.25, 0.3) is 0 Å². The summed E-state index contributed by atoms with van der Waals surface area (Å²) in [4.78, 5) is 2.10. The standard InChI is InChI=1S/C7H17N3/c1-7(9(2)3)6-8-10(4)5/h6-7H,1-5H3. The van der Waals surface area contributed by atoms with Crippen LogP contribution in [0.1, 0.15) is 6.92 Å².